The Kier molecular flexibility index (Phi) is 4.15. The minimum atomic E-state index is -4.20. The van der Waals surface area contributed by atoms with E-state index < -0.39 is 27.5 Å². The summed E-state index contributed by atoms with van der Waals surface area (Å²) < 4.78 is 21.5. The van der Waals surface area contributed by atoms with E-state index in [4.69, 9.17) is 25.3 Å². The Morgan fingerprint density at radius 2 is 1.53 bits per heavy atom. The van der Waals surface area contributed by atoms with Gasteiger partial charge in [-0.1, -0.05) is 12.1 Å². The van der Waals surface area contributed by atoms with Gasteiger partial charge < -0.3 is 25.3 Å². The average molecular weight is 281 g/mol. The molecule has 0 bridgehead atoms. The van der Waals surface area contributed by atoms with Crippen molar-refractivity contribution in [3.8, 4) is 0 Å². The second-order valence-corrected chi connectivity index (χ2v) is 6.97. The fourth-order valence-electron chi connectivity index (χ4n) is 1.35. The van der Waals surface area contributed by atoms with Gasteiger partial charge >= 0.3 is 15.2 Å². The molecule has 6 N–H and O–H groups in total. The Balaban J connectivity index is 2.94. The highest BCUT2D eigenvalue weighted by atomic mass is 31.2. The van der Waals surface area contributed by atoms with E-state index in [9.17, 15) is 9.13 Å². The molecule has 0 unspecified atom stereocenters. The van der Waals surface area contributed by atoms with E-state index in [-0.39, 0.29) is 11.3 Å². The fraction of sp³-hybridized carbons (Fsp3) is 0.250. The summed E-state index contributed by atoms with van der Waals surface area (Å²) in [5.41, 5.74) is 6.24. The van der Waals surface area contributed by atoms with Crippen LogP contribution in [0.2, 0.25) is 0 Å². The van der Waals surface area contributed by atoms with Gasteiger partial charge in [0.25, 0.3) is 0 Å². The quantitative estimate of drug-likeness (QED) is 0.402. The summed E-state index contributed by atoms with van der Waals surface area (Å²) in [5, 5.41) is 0. The van der Waals surface area contributed by atoms with Crippen LogP contribution in [-0.2, 0) is 21.5 Å². The van der Waals surface area contributed by atoms with Gasteiger partial charge in [-0.15, -0.1) is 0 Å². The molecule has 0 aliphatic heterocycles. The summed E-state index contributed by atoms with van der Waals surface area (Å²) in [6.45, 7) is 0. The highest BCUT2D eigenvalue weighted by molar-refractivity contribution is 7.51. The first kappa shape index (κ1) is 14.4. The van der Waals surface area contributed by atoms with Crippen LogP contribution in [0.4, 0.5) is 5.69 Å². The van der Waals surface area contributed by atoms with Crippen molar-refractivity contribution < 1.29 is 28.7 Å². The lowest BCUT2D eigenvalue weighted by Gasteiger charge is -2.10. The van der Waals surface area contributed by atoms with Gasteiger partial charge in [-0.25, -0.2) is 0 Å². The molecule has 9 heteroatoms. The molecule has 0 spiro atoms. The van der Waals surface area contributed by atoms with E-state index in [1.54, 1.807) is 0 Å². The lowest BCUT2D eigenvalue weighted by molar-refractivity contribution is 0.369. The van der Waals surface area contributed by atoms with Crippen LogP contribution in [0.5, 0.6) is 0 Å². The van der Waals surface area contributed by atoms with Gasteiger partial charge in [0.15, 0.2) is 0 Å². The molecular weight excluding hydrogens is 268 g/mol. The predicted octanol–water partition coefficient (Wildman–Crippen LogP) is 0.624. The van der Waals surface area contributed by atoms with Gasteiger partial charge in [0.1, 0.15) is 0 Å². The number of nitrogens with two attached hydrogens (primary N) is 1. The monoisotopic (exact) mass is 281 g/mol. The van der Waals surface area contributed by atoms with Crippen LogP contribution in [0, 0.1) is 0 Å². The maximum Gasteiger partial charge on any atom is 0.329 e. The third-order valence-corrected chi connectivity index (χ3v) is 3.50. The molecule has 0 saturated carbocycles. The molecule has 0 aliphatic carbocycles. The largest absolute Gasteiger partial charge is 0.398 e. The molecule has 1 aromatic rings. The summed E-state index contributed by atoms with van der Waals surface area (Å²) in [6, 6.07) is 4.06. The van der Waals surface area contributed by atoms with Crippen molar-refractivity contribution >= 4 is 20.9 Å². The molecule has 0 aliphatic rings. The van der Waals surface area contributed by atoms with Gasteiger partial charge in [-0.3, -0.25) is 9.13 Å². The molecule has 0 saturated heterocycles. The Morgan fingerprint density at radius 1 is 1.00 bits per heavy atom. The lowest BCUT2D eigenvalue weighted by atomic mass is 10.1. The minimum absolute atomic E-state index is 0.110. The van der Waals surface area contributed by atoms with Crippen molar-refractivity contribution in [2.24, 2.45) is 0 Å². The molecule has 0 aromatic heterocycles. The van der Waals surface area contributed by atoms with Gasteiger partial charge in [0.05, 0.1) is 12.3 Å². The van der Waals surface area contributed by atoms with Crippen molar-refractivity contribution in [3.63, 3.8) is 0 Å². The van der Waals surface area contributed by atoms with Crippen LogP contribution in [-0.4, -0.2) is 19.6 Å². The van der Waals surface area contributed by atoms with E-state index >= 15 is 0 Å². The van der Waals surface area contributed by atoms with E-state index in [2.05, 4.69) is 0 Å². The average Bonchev–Trinajstić information content (AvgIpc) is 2.05. The zero-order chi connectivity index (χ0) is 13.3. The molecule has 0 radical (unpaired) electrons. The normalized spacial score (nSPS) is 12.7. The third kappa shape index (κ3) is 5.46. The van der Waals surface area contributed by atoms with Crippen LogP contribution in [0.25, 0.3) is 0 Å². The Labute approximate surface area is 97.6 Å². The van der Waals surface area contributed by atoms with Crippen LogP contribution in [0.15, 0.2) is 18.2 Å². The van der Waals surface area contributed by atoms with Crippen LogP contribution in [0.1, 0.15) is 11.1 Å². The topological polar surface area (TPSA) is 141 Å². The first-order valence-corrected chi connectivity index (χ1v) is 8.13. The standard InChI is InChI=1S/C8H13NO6P2/c9-8-3-6(4-16(10,11)12)1-2-7(8)5-17(13,14)15/h1-3H,4-5,9H2,(H2,10,11,12)(H2,13,14,15). The fourth-order valence-corrected chi connectivity index (χ4v) is 2.75. The summed E-state index contributed by atoms with van der Waals surface area (Å²) >= 11 is 0. The summed E-state index contributed by atoms with van der Waals surface area (Å²) in [7, 11) is -8.38. The van der Waals surface area contributed by atoms with Gasteiger partial charge in [0, 0.05) is 5.69 Å². The van der Waals surface area contributed by atoms with Gasteiger partial charge in [-0.05, 0) is 17.2 Å². The number of hydrogen-bond acceptors (Lipinski definition) is 3. The van der Waals surface area contributed by atoms with Crippen LogP contribution in [0.3, 0.4) is 0 Å². The van der Waals surface area contributed by atoms with Crippen LogP contribution >= 0.6 is 15.2 Å². The third-order valence-electron chi connectivity index (χ3n) is 1.98. The van der Waals surface area contributed by atoms with Crippen molar-refractivity contribution in [2.45, 2.75) is 12.3 Å². The lowest BCUT2D eigenvalue weighted by Crippen LogP contribution is -1.97. The first-order chi connectivity index (χ1) is 7.57. The SMILES string of the molecule is Nc1cc(CP(=O)(O)O)ccc1CP(=O)(O)O. The van der Waals surface area contributed by atoms with E-state index in [0.29, 0.717) is 5.56 Å². The van der Waals surface area contributed by atoms with E-state index in [0.717, 1.165) is 0 Å². The maximum absolute atomic E-state index is 10.8. The Morgan fingerprint density at radius 3 is 1.94 bits per heavy atom. The zero-order valence-corrected chi connectivity index (χ0v) is 10.5. The van der Waals surface area contributed by atoms with Crippen molar-refractivity contribution in [2.75, 3.05) is 5.73 Å². The smallest absolute Gasteiger partial charge is 0.329 e. The van der Waals surface area contributed by atoms with Crippen molar-refractivity contribution in [3.05, 3.63) is 29.3 Å². The van der Waals surface area contributed by atoms with Crippen molar-refractivity contribution in [1.29, 1.82) is 0 Å². The minimum Gasteiger partial charge on any atom is -0.398 e. The number of rotatable bonds is 4. The predicted molar refractivity (Wildman–Crippen MR) is 62.4 cm³/mol. The second kappa shape index (κ2) is 4.90. The van der Waals surface area contributed by atoms with E-state index in [1.807, 2.05) is 0 Å². The number of anilines is 1. The molecule has 17 heavy (non-hydrogen) atoms. The molecule has 0 amide bonds. The molecule has 96 valence electrons. The molecule has 1 rings (SSSR count). The number of hydrogen-bond donors (Lipinski definition) is 5. The highest BCUT2D eigenvalue weighted by Gasteiger charge is 2.18. The van der Waals surface area contributed by atoms with Gasteiger partial charge in [0.2, 0.25) is 0 Å². The molecule has 0 heterocycles. The highest BCUT2D eigenvalue weighted by Crippen LogP contribution is 2.42. The zero-order valence-electron chi connectivity index (χ0n) is 8.72. The molecular formula is C8H13NO6P2. The molecule has 0 atom stereocenters. The molecule has 7 nitrogen and oxygen atoms in total. The first-order valence-electron chi connectivity index (χ1n) is 4.53. The summed E-state index contributed by atoms with van der Waals surface area (Å²) in [6.07, 6.45) is -0.942. The summed E-state index contributed by atoms with van der Waals surface area (Å²) in [5.74, 6) is 0. The Bertz CT molecular complexity index is 505. The maximum atomic E-state index is 10.8. The van der Waals surface area contributed by atoms with Crippen molar-refractivity contribution in [1.82, 2.24) is 0 Å². The van der Waals surface area contributed by atoms with Crippen LogP contribution < -0.4 is 5.73 Å². The van der Waals surface area contributed by atoms with E-state index in [1.165, 1.54) is 18.2 Å². The number of nitrogen functional groups attached to an aromatic ring is 1. The second-order valence-electron chi connectivity index (χ2n) is 3.68. The van der Waals surface area contributed by atoms with Gasteiger partial charge in [-0.2, -0.15) is 0 Å². The number of benzene rings is 1. The molecule has 1 aromatic carbocycles. The molecule has 0 fully saturated rings. The summed E-state index contributed by atoms with van der Waals surface area (Å²) in [4.78, 5) is 35.1. The Hall–Kier alpha value is -0.680.